The quantitative estimate of drug-likeness (QED) is 0.365. The van der Waals surface area contributed by atoms with E-state index in [0.717, 1.165) is 0 Å². The van der Waals surface area contributed by atoms with Crippen molar-refractivity contribution in [2.24, 2.45) is 0 Å². The molecule has 0 saturated heterocycles. The third-order valence-corrected chi connectivity index (χ3v) is 4.88. The number of allylic oxidation sites excluding steroid dienone is 1. The third-order valence-electron chi connectivity index (χ3n) is 3.92. The molecule has 0 saturated carbocycles. The Hall–Kier alpha value is -2.77. The number of benzene rings is 2. The molecule has 1 aromatic heterocycles. The average Bonchev–Trinajstić information content (AvgIpc) is 3.09. The molecule has 0 radical (unpaired) electrons. The highest BCUT2D eigenvalue weighted by molar-refractivity contribution is 7.99. The summed E-state index contributed by atoms with van der Waals surface area (Å²) < 4.78 is 14.7. The zero-order valence-corrected chi connectivity index (χ0v) is 15.3. The maximum atomic E-state index is 13.0. The van der Waals surface area contributed by atoms with E-state index in [9.17, 15) is 14.3 Å². The minimum atomic E-state index is -0.930. The summed E-state index contributed by atoms with van der Waals surface area (Å²) >= 11 is 1.21. The average molecular weight is 383 g/mol. The molecule has 0 fully saturated rings. The van der Waals surface area contributed by atoms with Gasteiger partial charge in [-0.25, -0.2) is 4.39 Å². The Kier molecular flexibility index (Phi) is 6.16. The van der Waals surface area contributed by atoms with Gasteiger partial charge in [-0.3, -0.25) is 9.36 Å². The third kappa shape index (κ3) is 4.50. The van der Waals surface area contributed by atoms with Crippen molar-refractivity contribution in [2.75, 3.05) is 5.75 Å². The zero-order valence-electron chi connectivity index (χ0n) is 14.5. The fourth-order valence-corrected chi connectivity index (χ4v) is 3.39. The Morgan fingerprint density at radius 1 is 1.19 bits per heavy atom. The molecule has 0 aliphatic rings. The summed E-state index contributed by atoms with van der Waals surface area (Å²) in [6, 6.07) is 14.6. The Morgan fingerprint density at radius 3 is 2.56 bits per heavy atom. The van der Waals surface area contributed by atoms with Crippen molar-refractivity contribution < 1.29 is 14.3 Å². The first-order valence-corrected chi connectivity index (χ1v) is 9.27. The van der Waals surface area contributed by atoms with Gasteiger partial charge in [-0.15, -0.1) is 16.8 Å². The van der Waals surface area contributed by atoms with Gasteiger partial charge in [0.2, 0.25) is 0 Å². The van der Waals surface area contributed by atoms with Gasteiger partial charge in [0.15, 0.2) is 16.8 Å². The fourth-order valence-electron chi connectivity index (χ4n) is 2.54. The van der Waals surface area contributed by atoms with Crippen LogP contribution in [0.4, 0.5) is 4.39 Å². The summed E-state index contributed by atoms with van der Waals surface area (Å²) in [7, 11) is 0. The van der Waals surface area contributed by atoms with Crippen molar-refractivity contribution in [3.63, 3.8) is 0 Å². The molecule has 2 aromatic carbocycles. The molecule has 27 heavy (non-hydrogen) atoms. The number of halogens is 1. The van der Waals surface area contributed by atoms with E-state index in [1.807, 2.05) is 30.3 Å². The molecule has 0 aliphatic carbocycles. The predicted octanol–water partition coefficient (Wildman–Crippen LogP) is 3.66. The summed E-state index contributed by atoms with van der Waals surface area (Å²) in [6.07, 6.45) is 0.747. The van der Waals surface area contributed by atoms with Crippen LogP contribution in [0.15, 0.2) is 72.4 Å². The first-order valence-electron chi connectivity index (χ1n) is 8.28. The van der Waals surface area contributed by atoms with Gasteiger partial charge >= 0.3 is 0 Å². The van der Waals surface area contributed by atoms with Crippen molar-refractivity contribution >= 4 is 17.5 Å². The van der Waals surface area contributed by atoms with E-state index in [-0.39, 0.29) is 17.4 Å². The molecule has 7 heteroatoms. The van der Waals surface area contributed by atoms with Crippen LogP contribution in [-0.4, -0.2) is 31.4 Å². The van der Waals surface area contributed by atoms with Gasteiger partial charge in [0, 0.05) is 12.1 Å². The van der Waals surface area contributed by atoms with Gasteiger partial charge in [0.05, 0.1) is 5.75 Å². The number of aliphatic hydroxyl groups is 1. The molecule has 5 nitrogen and oxygen atoms in total. The van der Waals surface area contributed by atoms with Crippen molar-refractivity contribution in [2.45, 2.75) is 17.8 Å². The number of ketones is 1. The van der Waals surface area contributed by atoms with Crippen LogP contribution in [0, 0.1) is 5.82 Å². The first-order chi connectivity index (χ1) is 13.1. The largest absolute Gasteiger partial charge is 0.380 e. The Balaban J connectivity index is 1.77. The molecule has 1 unspecified atom stereocenters. The van der Waals surface area contributed by atoms with Crippen LogP contribution < -0.4 is 0 Å². The maximum Gasteiger partial charge on any atom is 0.192 e. The van der Waals surface area contributed by atoms with Crippen molar-refractivity contribution in [1.82, 2.24) is 14.8 Å². The SMILES string of the molecule is C=CCn1c(SCC(=O)c2ccc(F)cc2)nnc1C(O)c1ccccc1. The van der Waals surface area contributed by atoms with Gasteiger partial charge < -0.3 is 5.11 Å². The molecule has 138 valence electrons. The lowest BCUT2D eigenvalue weighted by molar-refractivity contribution is 0.102. The van der Waals surface area contributed by atoms with E-state index in [1.165, 1.54) is 36.0 Å². The Morgan fingerprint density at radius 2 is 1.89 bits per heavy atom. The topological polar surface area (TPSA) is 68.0 Å². The van der Waals surface area contributed by atoms with Gasteiger partial charge in [0.1, 0.15) is 11.9 Å². The van der Waals surface area contributed by atoms with Crippen LogP contribution in [0.1, 0.15) is 27.8 Å². The maximum absolute atomic E-state index is 13.0. The number of hydrogen-bond acceptors (Lipinski definition) is 5. The molecule has 0 aliphatic heterocycles. The minimum Gasteiger partial charge on any atom is -0.380 e. The second-order valence-corrected chi connectivity index (χ2v) is 6.71. The fraction of sp³-hybridized carbons (Fsp3) is 0.150. The van der Waals surface area contributed by atoms with E-state index in [1.54, 1.807) is 10.6 Å². The number of aliphatic hydroxyl groups excluding tert-OH is 1. The highest BCUT2D eigenvalue weighted by atomic mass is 32.2. The van der Waals surface area contributed by atoms with Crippen molar-refractivity contribution in [1.29, 1.82) is 0 Å². The summed E-state index contributed by atoms with van der Waals surface area (Å²) in [5.41, 5.74) is 1.14. The number of rotatable bonds is 8. The highest BCUT2D eigenvalue weighted by Crippen LogP contribution is 2.25. The summed E-state index contributed by atoms with van der Waals surface area (Å²) in [5, 5.41) is 19.4. The lowest BCUT2D eigenvalue weighted by Gasteiger charge is -2.13. The standard InChI is InChI=1S/C20H18FN3O2S/c1-2-12-24-19(18(26)15-6-4-3-5-7-15)22-23-20(24)27-13-17(25)14-8-10-16(21)11-9-14/h2-11,18,26H,1,12-13H2. The van der Waals surface area contributed by atoms with E-state index >= 15 is 0 Å². The number of Topliss-reactive ketones (excluding diaryl/α,β-unsaturated/α-hetero) is 1. The summed E-state index contributed by atoms with van der Waals surface area (Å²) in [4.78, 5) is 12.3. The zero-order chi connectivity index (χ0) is 19.2. The predicted molar refractivity (Wildman–Crippen MR) is 102 cm³/mol. The lowest BCUT2D eigenvalue weighted by Crippen LogP contribution is -2.11. The number of aromatic nitrogens is 3. The number of carbonyl (C=O) groups excluding carboxylic acids is 1. The Bertz CT molecular complexity index is 926. The molecule has 1 atom stereocenters. The normalized spacial score (nSPS) is 11.9. The van der Waals surface area contributed by atoms with Crippen molar-refractivity contribution in [3.8, 4) is 0 Å². The number of nitrogens with zero attached hydrogens (tertiary/aromatic N) is 3. The van der Waals surface area contributed by atoms with Gasteiger partial charge in [-0.2, -0.15) is 0 Å². The van der Waals surface area contributed by atoms with E-state index in [2.05, 4.69) is 16.8 Å². The van der Waals surface area contributed by atoms with Crippen LogP contribution >= 0.6 is 11.8 Å². The first kappa shape index (κ1) is 19.0. The smallest absolute Gasteiger partial charge is 0.192 e. The van der Waals surface area contributed by atoms with Crippen LogP contribution in [0.25, 0.3) is 0 Å². The van der Waals surface area contributed by atoms with Crippen LogP contribution in [0.5, 0.6) is 0 Å². The molecular weight excluding hydrogens is 365 g/mol. The number of thioether (sulfide) groups is 1. The van der Waals surface area contributed by atoms with E-state index in [4.69, 9.17) is 0 Å². The monoisotopic (exact) mass is 383 g/mol. The lowest BCUT2D eigenvalue weighted by atomic mass is 10.1. The van der Waals surface area contributed by atoms with Crippen LogP contribution in [0.2, 0.25) is 0 Å². The molecule has 0 amide bonds. The second kappa shape index (κ2) is 8.75. The van der Waals surface area contributed by atoms with E-state index < -0.39 is 6.10 Å². The summed E-state index contributed by atoms with van der Waals surface area (Å²) in [5.74, 6) is -0.0110. The second-order valence-electron chi connectivity index (χ2n) is 5.77. The summed E-state index contributed by atoms with van der Waals surface area (Å²) in [6.45, 7) is 4.13. The van der Waals surface area contributed by atoms with Gasteiger partial charge in [-0.05, 0) is 29.8 Å². The molecule has 1 N–H and O–H groups in total. The van der Waals surface area contributed by atoms with E-state index in [0.29, 0.717) is 28.7 Å². The molecule has 3 rings (SSSR count). The van der Waals surface area contributed by atoms with Crippen LogP contribution in [-0.2, 0) is 6.54 Å². The highest BCUT2D eigenvalue weighted by Gasteiger charge is 2.21. The number of hydrogen-bond donors (Lipinski definition) is 1. The van der Waals surface area contributed by atoms with Gasteiger partial charge in [-0.1, -0.05) is 48.2 Å². The minimum absolute atomic E-state index is 0.127. The number of carbonyl (C=O) groups is 1. The molecule has 1 heterocycles. The van der Waals surface area contributed by atoms with Crippen molar-refractivity contribution in [3.05, 3.63) is 90.0 Å². The van der Waals surface area contributed by atoms with Crippen LogP contribution in [0.3, 0.4) is 0 Å². The molecule has 3 aromatic rings. The molecule has 0 bridgehead atoms. The molecular formula is C20H18FN3O2S. The molecule has 0 spiro atoms. The Labute approximate surface area is 160 Å². The van der Waals surface area contributed by atoms with Gasteiger partial charge in [0.25, 0.3) is 0 Å².